The minimum absolute atomic E-state index is 0.107. The molecule has 1 N–H and O–H groups in total. The molecule has 2 fully saturated rings. The van der Waals surface area contributed by atoms with Gasteiger partial charge in [0.15, 0.2) is 0 Å². The number of nitrogens with one attached hydrogen (secondary N) is 1. The van der Waals surface area contributed by atoms with Gasteiger partial charge in [-0.25, -0.2) is 4.98 Å². The van der Waals surface area contributed by atoms with E-state index < -0.39 is 0 Å². The fourth-order valence-electron chi connectivity index (χ4n) is 6.20. The summed E-state index contributed by atoms with van der Waals surface area (Å²) in [6.45, 7) is 9.51. The van der Waals surface area contributed by atoms with E-state index in [1.807, 2.05) is 24.5 Å². The molecule has 1 aliphatic carbocycles. The smallest absolute Gasteiger partial charge is 0.256 e. The summed E-state index contributed by atoms with van der Waals surface area (Å²) in [4.78, 5) is 27.4. The summed E-state index contributed by atoms with van der Waals surface area (Å²) in [5, 5.41) is 3.14. The molecule has 8 heteroatoms. The molecule has 2 aromatic heterocycles. The van der Waals surface area contributed by atoms with E-state index in [1.54, 1.807) is 6.20 Å². The number of nitrogens with zero attached hydrogens (tertiary/aromatic N) is 4. The molecule has 41 heavy (non-hydrogen) atoms. The molecule has 0 unspecified atom stereocenters. The van der Waals surface area contributed by atoms with Crippen LogP contribution in [0.1, 0.15) is 50.2 Å². The molecule has 214 valence electrons. The van der Waals surface area contributed by atoms with E-state index in [0.717, 1.165) is 92.2 Å². The average molecular weight is 554 g/mol. The molecule has 0 bridgehead atoms. The zero-order valence-electron chi connectivity index (χ0n) is 24.2. The average Bonchev–Trinajstić information content (AvgIpc) is 2.99. The van der Waals surface area contributed by atoms with Gasteiger partial charge in [-0.3, -0.25) is 9.78 Å². The number of hydrogen-bond donors (Lipinski definition) is 1. The molecule has 3 aliphatic rings. The molecular weight excluding hydrogens is 514 g/mol. The second-order valence-corrected chi connectivity index (χ2v) is 11.6. The number of likely N-dealkylation sites (tertiary alicyclic amines) is 1. The van der Waals surface area contributed by atoms with Gasteiger partial charge in [-0.2, -0.15) is 0 Å². The lowest BCUT2D eigenvalue weighted by Gasteiger charge is -2.29. The summed E-state index contributed by atoms with van der Waals surface area (Å²) in [7, 11) is 2.13. The van der Waals surface area contributed by atoms with E-state index in [2.05, 4.69) is 70.2 Å². The van der Waals surface area contributed by atoms with Crippen LogP contribution in [0.4, 0.5) is 11.4 Å². The van der Waals surface area contributed by atoms with Gasteiger partial charge >= 0.3 is 0 Å². The number of carbonyl (C=O) groups is 1. The number of amides is 1. The topological polar surface area (TPSA) is 79.8 Å². The highest BCUT2D eigenvalue weighted by Gasteiger charge is 2.27. The SMILES string of the molecule is CC1=C(C(=O)Nc2ccnc(OC3CCN(C)CC3)c2)c2cc(-c3cncc(N4CCOCC4)c3)ccc2[C@H](C)C1. The summed E-state index contributed by atoms with van der Waals surface area (Å²) in [5.41, 5.74) is 7.90. The maximum atomic E-state index is 13.8. The number of carbonyl (C=O) groups excluding carboxylic acids is 1. The van der Waals surface area contributed by atoms with Crippen LogP contribution in [0.2, 0.25) is 0 Å². The molecule has 0 spiro atoms. The van der Waals surface area contributed by atoms with Crippen LogP contribution in [0.3, 0.4) is 0 Å². The van der Waals surface area contributed by atoms with Crippen molar-refractivity contribution in [2.45, 2.75) is 45.1 Å². The first-order chi connectivity index (χ1) is 19.9. The van der Waals surface area contributed by atoms with Crippen molar-refractivity contribution in [2.24, 2.45) is 0 Å². The Morgan fingerprint density at radius 1 is 1.02 bits per heavy atom. The molecular formula is C33H39N5O3. The molecule has 2 aliphatic heterocycles. The van der Waals surface area contributed by atoms with Crippen LogP contribution in [0.25, 0.3) is 16.7 Å². The zero-order valence-corrected chi connectivity index (χ0v) is 24.2. The Labute approximate surface area is 242 Å². The lowest BCUT2D eigenvalue weighted by molar-refractivity contribution is -0.111. The lowest BCUT2D eigenvalue weighted by atomic mass is 9.78. The van der Waals surface area contributed by atoms with E-state index >= 15 is 0 Å². The fraction of sp³-hybridized carbons (Fsp3) is 0.424. The molecule has 3 aromatic rings. The summed E-state index contributed by atoms with van der Waals surface area (Å²) >= 11 is 0. The number of ether oxygens (including phenoxy) is 2. The van der Waals surface area contributed by atoms with Crippen LogP contribution in [0, 0.1) is 0 Å². The van der Waals surface area contributed by atoms with Crippen molar-refractivity contribution >= 4 is 22.9 Å². The van der Waals surface area contributed by atoms with Crippen molar-refractivity contribution in [3.8, 4) is 17.0 Å². The van der Waals surface area contributed by atoms with E-state index in [-0.39, 0.29) is 12.0 Å². The Morgan fingerprint density at radius 3 is 2.63 bits per heavy atom. The molecule has 1 aromatic carbocycles. The Balaban J connectivity index is 1.24. The van der Waals surface area contributed by atoms with Gasteiger partial charge in [-0.1, -0.05) is 24.6 Å². The normalized spacial score (nSPS) is 20.1. The Morgan fingerprint density at radius 2 is 1.83 bits per heavy atom. The Bertz CT molecular complexity index is 1440. The van der Waals surface area contributed by atoms with Crippen molar-refractivity contribution in [3.05, 3.63) is 71.7 Å². The second-order valence-electron chi connectivity index (χ2n) is 11.6. The third-order valence-corrected chi connectivity index (χ3v) is 8.50. The highest BCUT2D eigenvalue weighted by atomic mass is 16.5. The molecule has 4 heterocycles. The number of morpholine rings is 1. The minimum atomic E-state index is -0.107. The Hall–Kier alpha value is -3.75. The van der Waals surface area contributed by atoms with Crippen molar-refractivity contribution in [1.29, 1.82) is 0 Å². The van der Waals surface area contributed by atoms with Gasteiger partial charge in [-0.05, 0) is 74.0 Å². The van der Waals surface area contributed by atoms with Gasteiger partial charge in [0.1, 0.15) is 6.10 Å². The van der Waals surface area contributed by atoms with Crippen LogP contribution in [0.5, 0.6) is 5.88 Å². The first-order valence-corrected chi connectivity index (χ1v) is 14.7. The number of rotatable bonds is 6. The predicted octanol–water partition coefficient (Wildman–Crippen LogP) is 5.37. The van der Waals surface area contributed by atoms with Gasteiger partial charge in [0, 0.05) is 61.5 Å². The maximum Gasteiger partial charge on any atom is 0.256 e. The standard InChI is InChI=1S/C33H39N5O3/c1-22-16-23(2)32(33(39)36-26-6-9-35-31(19-26)41-28-7-10-37(3)11-8-28)30-18-24(4-5-29(22)30)25-17-27(21-34-20-25)38-12-14-40-15-13-38/h4-6,9,17-22,28H,7-8,10-16H2,1-3H3,(H,35,36,39)/t22-/m1/s1. The van der Waals surface area contributed by atoms with E-state index in [1.165, 1.54) is 5.56 Å². The van der Waals surface area contributed by atoms with Crippen LogP contribution in [-0.2, 0) is 9.53 Å². The molecule has 2 saturated heterocycles. The summed E-state index contributed by atoms with van der Waals surface area (Å²) in [5.74, 6) is 0.781. The van der Waals surface area contributed by atoms with Gasteiger partial charge < -0.3 is 24.6 Å². The molecule has 1 amide bonds. The van der Waals surface area contributed by atoms with E-state index in [9.17, 15) is 4.79 Å². The number of allylic oxidation sites excluding steroid dienone is 1. The number of benzene rings is 1. The van der Waals surface area contributed by atoms with Gasteiger partial charge in [-0.15, -0.1) is 0 Å². The molecule has 0 radical (unpaired) electrons. The van der Waals surface area contributed by atoms with Crippen LogP contribution in [-0.4, -0.2) is 73.3 Å². The maximum absolute atomic E-state index is 13.8. The number of hydrogen-bond acceptors (Lipinski definition) is 7. The van der Waals surface area contributed by atoms with Crippen LogP contribution in [0.15, 0.2) is 60.6 Å². The number of anilines is 2. The summed E-state index contributed by atoms with van der Waals surface area (Å²) in [6, 6.07) is 12.3. The number of piperidine rings is 1. The van der Waals surface area contributed by atoms with Crippen molar-refractivity contribution in [3.63, 3.8) is 0 Å². The first kappa shape index (κ1) is 27.4. The third-order valence-electron chi connectivity index (χ3n) is 8.50. The third kappa shape index (κ3) is 6.14. The fourth-order valence-corrected chi connectivity index (χ4v) is 6.20. The largest absolute Gasteiger partial charge is 0.474 e. The highest BCUT2D eigenvalue weighted by Crippen LogP contribution is 2.41. The monoisotopic (exact) mass is 553 g/mol. The van der Waals surface area contributed by atoms with Crippen molar-refractivity contribution < 1.29 is 14.3 Å². The predicted molar refractivity (Wildman–Crippen MR) is 162 cm³/mol. The Kier molecular flexibility index (Phi) is 8.03. The van der Waals surface area contributed by atoms with Crippen molar-refractivity contribution in [2.75, 3.05) is 56.7 Å². The molecule has 0 saturated carbocycles. The van der Waals surface area contributed by atoms with Crippen molar-refractivity contribution in [1.82, 2.24) is 14.9 Å². The van der Waals surface area contributed by atoms with Gasteiger partial charge in [0.2, 0.25) is 5.88 Å². The van der Waals surface area contributed by atoms with Crippen LogP contribution < -0.4 is 15.0 Å². The summed E-state index contributed by atoms with van der Waals surface area (Å²) < 4.78 is 11.7. The van der Waals surface area contributed by atoms with Gasteiger partial charge in [0.25, 0.3) is 5.91 Å². The lowest BCUT2D eigenvalue weighted by Crippen LogP contribution is -2.36. The number of aromatic nitrogens is 2. The van der Waals surface area contributed by atoms with E-state index in [4.69, 9.17) is 9.47 Å². The molecule has 1 atom stereocenters. The summed E-state index contributed by atoms with van der Waals surface area (Å²) in [6.07, 6.45) is 8.46. The van der Waals surface area contributed by atoms with E-state index in [0.29, 0.717) is 17.5 Å². The quantitative estimate of drug-likeness (QED) is 0.440. The second kappa shape index (κ2) is 12.0. The highest BCUT2D eigenvalue weighted by molar-refractivity contribution is 6.26. The number of fused-ring (bicyclic) bond motifs is 1. The zero-order chi connectivity index (χ0) is 28.3. The van der Waals surface area contributed by atoms with Crippen LogP contribution >= 0.6 is 0 Å². The number of pyridine rings is 2. The van der Waals surface area contributed by atoms with Gasteiger partial charge in [0.05, 0.1) is 25.1 Å². The molecule has 8 nitrogen and oxygen atoms in total. The first-order valence-electron chi connectivity index (χ1n) is 14.7. The molecule has 6 rings (SSSR count). The minimum Gasteiger partial charge on any atom is -0.474 e.